The van der Waals surface area contributed by atoms with Gasteiger partial charge in [-0.05, 0) is 35.4 Å². The number of fused-ring (bicyclic) bond motifs is 1. The van der Waals surface area contributed by atoms with E-state index in [4.69, 9.17) is 0 Å². The van der Waals surface area contributed by atoms with Crippen molar-refractivity contribution in [3.63, 3.8) is 0 Å². The van der Waals surface area contributed by atoms with Gasteiger partial charge in [-0.1, -0.05) is 36.4 Å². The van der Waals surface area contributed by atoms with Gasteiger partial charge in [0.15, 0.2) is 0 Å². The van der Waals surface area contributed by atoms with E-state index in [2.05, 4.69) is 15.3 Å². The number of carboxylic acid groups (broad SMARTS) is 1. The molecule has 1 amide bonds. The smallest absolute Gasteiger partial charge is 0.305 e. The number of imidazole rings is 1. The molecule has 150 valence electrons. The third kappa shape index (κ3) is 4.35. The summed E-state index contributed by atoms with van der Waals surface area (Å²) >= 11 is 0. The summed E-state index contributed by atoms with van der Waals surface area (Å²) in [6.45, 7) is 0. The molecule has 0 aliphatic rings. The topological polar surface area (TPSA) is 97.1 Å². The van der Waals surface area contributed by atoms with Gasteiger partial charge in [-0.15, -0.1) is 0 Å². The number of anilines is 1. The molecule has 0 aliphatic carbocycles. The lowest BCUT2D eigenvalue weighted by atomic mass is 10.0. The molecule has 0 saturated carbocycles. The number of nitrogens with one attached hydrogen (secondary N) is 1. The third-order valence-electron chi connectivity index (χ3n) is 4.83. The van der Waals surface area contributed by atoms with Gasteiger partial charge >= 0.3 is 5.97 Å². The number of hydrogen-bond donors (Lipinski definition) is 2. The van der Waals surface area contributed by atoms with E-state index in [1.807, 2.05) is 47.0 Å². The van der Waals surface area contributed by atoms with E-state index in [0.29, 0.717) is 11.2 Å². The number of carbonyl (C=O) groups excluding carboxylic acids is 1. The van der Waals surface area contributed by atoms with E-state index < -0.39 is 5.97 Å². The maximum absolute atomic E-state index is 12.3. The van der Waals surface area contributed by atoms with Gasteiger partial charge in [-0.25, -0.2) is 4.98 Å². The molecule has 4 rings (SSSR count). The monoisotopic (exact) mass is 400 g/mol. The van der Waals surface area contributed by atoms with Crippen molar-refractivity contribution in [2.75, 3.05) is 5.32 Å². The maximum atomic E-state index is 12.3. The number of amides is 1. The molecule has 2 N–H and O–H groups in total. The van der Waals surface area contributed by atoms with Crippen molar-refractivity contribution in [3.8, 4) is 0 Å². The van der Waals surface area contributed by atoms with Crippen molar-refractivity contribution >= 4 is 28.6 Å². The second-order valence-corrected chi connectivity index (χ2v) is 6.97. The number of aromatic nitrogens is 3. The zero-order valence-corrected chi connectivity index (χ0v) is 16.1. The Balaban J connectivity index is 1.58. The first-order valence-electron chi connectivity index (χ1n) is 9.52. The number of rotatable bonds is 7. The predicted molar refractivity (Wildman–Crippen MR) is 113 cm³/mol. The number of carbonyl (C=O) groups is 2. The Morgan fingerprint density at radius 1 is 1.07 bits per heavy atom. The molecule has 0 fully saturated rings. The van der Waals surface area contributed by atoms with Gasteiger partial charge in [-0.3, -0.25) is 14.6 Å². The first kappa shape index (κ1) is 19.3. The van der Waals surface area contributed by atoms with Crippen molar-refractivity contribution in [2.45, 2.75) is 18.9 Å². The van der Waals surface area contributed by atoms with Crippen LogP contribution in [0.25, 0.3) is 11.0 Å². The van der Waals surface area contributed by atoms with Crippen molar-refractivity contribution in [1.82, 2.24) is 14.5 Å². The van der Waals surface area contributed by atoms with Gasteiger partial charge in [0.25, 0.3) is 0 Å². The van der Waals surface area contributed by atoms with Crippen LogP contribution >= 0.6 is 0 Å². The van der Waals surface area contributed by atoms with Crippen molar-refractivity contribution in [2.24, 2.45) is 0 Å². The minimum atomic E-state index is -0.884. The predicted octanol–water partition coefficient (Wildman–Crippen LogP) is 3.68. The molecule has 0 aliphatic heterocycles. The Morgan fingerprint density at radius 2 is 1.90 bits per heavy atom. The second kappa shape index (κ2) is 8.57. The lowest BCUT2D eigenvalue weighted by Crippen LogP contribution is -2.15. The van der Waals surface area contributed by atoms with Gasteiger partial charge in [0.2, 0.25) is 5.91 Å². The highest BCUT2D eigenvalue weighted by Gasteiger charge is 2.19. The summed E-state index contributed by atoms with van der Waals surface area (Å²) in [4.78, 5) is 32.2. The van der Waals surface area contributed by atoms with Gasteiger partial charge in [0.05, 0.1) is 36.2 Å². The molecule has 0 spiro atoms. The summed E-state index contributed by atoms with van der Waals surface area (Å²) in [5.74, 6) is -1.03. The van der Waals surface area contributed by atoms with Crippen LogP contribution in [0.5, 0.6) is 0 Å². The van der Waals surface area contributed by atoms with Gasteiger partial charge < -0.3 is 15.0 Å². The van der Waals surface area contributed by atoms with Gasteiger partial charge in [-0.2, -0.15) is 0 Å². The van der Waals surface area contributed by atoms with Crippen LogP contribution < -0.4 is 5.32 Å². The van der Waals surface area contributed by atoms with Crippen LogP contribution in [0.1, 0.15) is 23.6 Å². The molecule has 1 unspecified atom stereocenters. The van der Waals surface area contributed by atoms with Crippen LogP contribution in [0, 0.1) is 0 Å². The molecular formula is C23H20N4O3. The maximum Gasteiger partial charge on any atom is 0.305 e. The third-order valence-corrected chi connectivity index (χ3v) is 4.83. The van der Waals surface area contributed by atoms with Crippen molar-refractivity contribution < 1.29 is 14.7 Å². The minimum Gasteiger partial charge on any atom is -0.481 e. The van der Waals surface area contributed by atoms with Gasteiger partial charge in [0, 0.05) is 18.1 Å². The fourth-order valence-corrected chi connectivity index (χ4v) is 3.47. The Bertz CT molecular complexity index is 1170. The Hall–Kier alpha value is -4.00. The van der Waals surface area contributed by atoms with E-state index in [0.717, 1.165) is 16.6 Å². The quantitative estimate of drug-likeness (QED) is 0.493. The summed E-state index contributed by atoms with van der Waals surface area (Å²) in [5.41, 5.74) is 3.85. The van der Waals surface area contributed by atoms with Crippen molar-refractivity contribution in [1.29, 1.82) is 0 Å². The zero-order valence-electron chi connectivity index (χ0n) is 16.1. The number of nitrogens with zero attached hydrogens (tertiary/aromatic N) is 3. The van der Waals surface area contributed by atoms with E-state index in [1.165, 1.54) is 0 Å². The molecule has 0 bridgehead atoms. The highest BCUT2D eigenvalue weighted by molar-refractivity contribution is 5.94. The van der Waals surface area contributed by atoms with E-state index in [-0.39, 0.29) is 24.8 Å². The zero-order chi connectivity index (χ0) is 20.9. The van der Waals surface area contributed by atoms with E-state index >= 15 is 0 Å². The average molecular weight is 400 g/mol. The summed E-state index contributed by atoms with van der Waals surface area (Å²) in [5, 5.41) is 12.3. The SMILES string of the molecule is O=C(O)CC(c1ccccc1)n1cnc2cc(NC(=O)Cc3cccnc3)ccc21. The standard InChI is InChI=1S/C23H20N4O3/c28-22(11-16-5-4-10-24-14-16)26-18-8-9-20-19(12-18)25-15-27(20)21(13-23(29)30)17-6-2-1-3-7-17/h1-10,12,14-15,21H,11,13H2,(H,26,28)(H,29,30). The van der Waals surface area contributed by atoms with E-state index in [1.54, 1.807) is 36.9 Å². The molecule has 2 aromatic heterocycles. The minimum absolute atomic E-state index is 0.0565. The second-order valence-electron chi connectivity index (χ2n) is 6.97. The first-order chi connectivity index (χ1) is 14.6. The molecule has 4 aromatic rings. The highest BCUT2D eigenvalue weighted by atomic mass is 16.4. The highest BCUT2D eigenvalue weighted by Crippen LogP contribution is 2.28. The molecule has 7 heteroatoms. The van der Waals surface area contributed by atoms with Crippen LogP contribution in [0.4, 0.5) is 5.69 Å². The van der Waals surface area contributed by atoms with Gasteiger partial charge in [0.1, 0.15) is 0 Å². The number of aliphatic carboxylic acids is 1. The normalized spacial score (nSPS) is 11.9. The number of benzene rings is 2. The summed E-state index contributed by atoms with van der Waals surface area (Å²) in [6, 6.07) is 18.2. The average Bonchev–Trinajstić information content (AvgIpc) is 3.16. The molecule has 7 nitrogen and oxygen atoms in total. The summed E-state index contributed by atoms with van der Waals surface area (Å²) in [6.07, 6.45) is 5.15. The summed E-state index contributed by atoms with van der Waals surface area (Å²) < 4.78 is 1.86. The lowest BCUT2D eigenvalue weighted by molar-refractivity contribution is -0.137. The molecule has 2 aromatic carbocycles. The largest absolute Gasteiger partial charge is 0.481 e. The van der Waals surface area contributed by atoms with Crippen molar-refractivity contribution in [3.05, 3.63) is 90.5 Å². The molecule has 1 atom stereocenters. The number of carboxylic acids is 1. The Labute approximate surface area is 173 Å². The molecule has 2 heterocycles. The van der Waals surface area contributed by atoms with Crippen LogP contribution in [0.15, 0.2) is 79.4 Å². The Kier molecular flexibility index (Phi) is 5.52. The Morgan fingerprint density at radius 3 is 2.63 bits per heavy atom. The molecular weight excluding hydrogens is 380 g/mol. The number of hydrogen-bond acceptors (Lipinski definition) is 4. The van der Waals surface area contributed by atoms with E-state index in [9.17, 15) is 14.7 Å². The number of pyridine rings is 1. The lowest BCUT2D eigenvalue weighted by Gasteiger charge is -2.18. The molecule has 30 heavy (non-hydrogen) atoms. The fourth-order valence-electron chi connectivity index (χ4n) is 3.47. The molecule has 0 radical (unpaired) electrons. The van der Waals surface area contributed by atoms with Crippen LogP contribution in [-0.2, 0) is 16.0 Å². The van der Waals surface area contributed by atoms with Crippen LogP contribution in [-0.4, -0.2) is 31.5 Å². The summed E-state index contributed by atoms with van der Waals surface area (Å²) in [7, 11) is 0. The fraction of sp³-hybridized carbons (Fsp3) is 0.130. The molecule has 0 saturated heterocycles. The van der Waals surface area contributed by atoms with Crippen LogP contribution in [0.3, 0.4) is 0 Å². The first-order valence-corrected chi connectivity index (χ1v) is 9.52. The van der Waals surface area contributed by atoms with Crippen LogP contribution in [0.2, 0.25) is 0 Å².